The number of imide groups is 1. The molecule has 3 aromatic rings. The van der Waals surface area contributed by atoms with E-state index in [1.54, 1.807) is 18.2 Å². The highest BCUT2D eigenvalue weighted by Crippen LogP contribution is 2.35. The number of hydrogen-bond acceptors (Lipinski definition) is 4. The monoisotopic (exact) mass is 305 g/mol. The average molecular weight is 305 g/mol. The van der Waals surface area contributed by atoms with E-state index in [-0.39, 0.29) is 17.1 Å². The Hall–Kier alpha value is -3.34. The van der Waals surface area contributed by atoms with Crippen LogP contribution in [0.4, 0.5) is 5.69 Å². The van der Waals surface area contributed by atoms with Gasteiger partial charge in [-0.3, -0.25) is 9.59 Å². The lowest BCUT2D eigenvalue weighted by Gasteiger charge is -2.27. The van der Waals surface area contributed by atoms with Crippen LogP contribution < -0.4 is 4.90 Å². The van der Waals surface area contributed by atoms with Crippen molar-refractivity contribution in [1.29, 1.82) is 0 Å². The Morgan fingerprint density at radius 2 is 1.43 bits per heavy atom. The summed E-state index contributed by atoms with van der Waals surface area (Å²) >= 11 is 0. The van der Waals surface area contributed by atoms with E-state index in [1.165, 1.54) is 36.4 Å². The van der Waals surface area contributed by atoms with Crippen LogP contribution in [-0.2, 0) is 0 Å². The van der Waals surface area contributed by atoms with Crippen molar-refractivity contribution in [2.75, 3.05) is 4.90 Å². The number of phenols is 2. The van der Waals surface area contributed by atoms with E-state index < -0.39 is 11.8 Å². The minimum atomic E-state index is -0.500. The summed E-state index contributed by atoms with van der Waals surface area (Å²) in [6.45, 7) is 0. The summed E-state index contributed by atoms with van der Waals surface area (Å²) in [5.74, 6) is -0.909. The van der Waals surface area contributed by atoms with E-state index in [0.717, 1.165) is 4.90 Å². The fraction of sp³-hybridized carbons (Fsp3) is 0. The quantitative estimate of drug-likeness (QED) is 0.677. The first-order chi connectivity index (χ1) is 11.1. The highest BCUT2D eigenvalue weighted by molar-refractivity contribution is 6.35. The van der Waals surface area contributed by atoms with E-state index in [4.69, 9.17) is 0 Å². The molecule has 5 heteroatoms. The zero-order valence-corrected chi connectivity index (χ0v) is 11.9. The molecular weight excluding hydrogens is 294 g/mol. The van der Waals surface area contributed by atoms with Crippen molar-refractivity contribution in [2.45, 2.75) is 0 Å². The Balaban J connectivity index is 1.99. The van der Waals surface area contributed by atoms with Gasteiger partial charge in [0.1, 0.15) is 11.5 Å². The molecule has 3 aromatic carbocycles. The van der Waals surface area contributed by atoms with Crippen molar-refractivity contribution < 1.29 is 19.8 Å². The van der Waals surface area contributed by atoms with Crippen LogP contribution in [0.2, 0.25) is 0 Å². The van der Waals surface area contributed by atoms with Gasteiger partial charge in [-0.2, -0.15) is 0 Å². The van der Waals surface area contributed by atoms with E-state index in [2.05, 4.69) is 0 Å². The molecular formula is C18H11NO4. The number of carbonyl (C=O) groups is 2. The van der Waals surface area contributed by atoms with Gasteiger partial charge in [0.05, 0.1) is 11.3 Å². The number of amides is 2. The van der Waals surface area contributed by atoms with Crippen molar-refractivity contribution in [1.82, 2.24) is 0 Å². The molecule has 0 saturated carbocycles. The van der Waals surface area contributed by atoms with Crippen LogP contribution >= 0.6 is 0 Å². The molecule has 2 N–H and O–H groups in total. The van der Waals surface area contributed by atoms with Crippen LogP contribution in [0, 0.1) is 0 Å². The van der Waals surface area contributed by atoms with Crippen LogP contribution in [0.1, 0.15) is 20.7 Å². The zero-order valence-electron chi connectivity index (χ0n) is 11.9. The van der Waals surface area contributed by atoms with Gasteiger partial charge in [0.15, 0.2) is 0 Å². The maximum absolute atomic E-state index is 12.8. The summed E-state index contributed by atoms with van der Waals surface area (Å²) < 4.78 is 0. The van der Waals surface area contributed by atoms with Crippen molar-refractivity contribution in [2.24, 2.45) is 0 Å². The van der Waals surface area contributed by atoms with Gasteiger partial charge in [-0.25, -0.2) is 4.90 Å². The number of carbonyl (C=O) groups excluding carboxylic acids is 2. The molecule has 0 unspecified atom stereocenters. The van der Waals surface area contributed by atoms with Crippen LogP contribution in [0.15, 0.2) is 54.6 Å². The molecule has 2 amide bonds. The second-order valence-electron chi connectivity index (χ2n) is 5.36. The average Bonchev–Trinajstić information content (AvgIpc) is 2.54. The van der Waals surface area contributed by atoms with Crippen LogP contribution in [0.25, 0.3) is 10.8 Å². The van der Waals surface area contributed by atoms with Crippen molar-refractivity contribution in [3.8, 4) is 11.5 Å². The summed E-state index contributed by atoms with van der Waals surface area (Å²) in [4.78, 5) is 26.6. The van der Waals surface area contributed by atoms with Crippen molar-refractivity contribution in [3.05, 3.63) is 65.7 Å². The first-order valence-corrected chi connectivity index (χ1v) is 7.00. The summed E-state index contributed by atoms with van der Waals surface area (Å²) in [6.07, 6.45) is 0. The number of benzene rings is 3. The molecule has 0 aliphatic carbocycles. The van der Waals surface area contributed by atoms with Crippen LogP contribution in [0.5, 0.6) is 11.5 Å². The fourth-order valence-electron chi connectivity index (χ4n) is 2.93. The molecule has 0 aromatic heterocycles. The lowest BCUT2D eigenvalue weighted by Crippen LogP contribution is -2.40. The molecule has 0 atom stereocenters. The van der Waals surface area contributed by atoms with Crippen LogP contribution in [0.3, 0.4) is 0 Å². The lowest BCUT2D eigenvalue weighted by atomic mass is 9.93. The molecule has 4 rings (SSSR count). The number of aromatic hydroxyl groups is 2. The third-order valence-electron chi connectivity index (χ3n) is 3.94. The fourth-order valence-corrected chi connectivity index (χ4v) is 2.93. The maximum atomic E-state index is 12.8. The molecule has 0 radical (unpaired) electrons. The number of anilines is 1. The molecule has 0 fully saturated rings. The standard InChI is InChI=1S/C18H11NO4/c20-12-6-4-11(5-7-12)19-17(22)14-3-1-2-10-8-13(21)9-15(16(10)14)18(19)23/h1-9,20-21H. The second-order valence-corrected chi connectivity index (χ2v) is 5.36. The summed E-state index contributed by atoms with van der Waals surface area (Å²) in [7, 11) is 0. The van der Waals surface area contributed by atoms with Gasteiger partial charge < -0.3 is 10.2 Å². The molecule has 0 bridgehead atoms. The van der Waals surface area contributed by atoms with E-state index in [0.29, 0.717) is 22.0 Å². The topological polar surface area (TPSA) is 77.8 Å². The highest BCUT2D eigenvalue weighted by Gasteiger charge is 2.34. The van der Waals surface area contributed by atoms with Gasteiger partial charge in [0, 0.05) is 10.9 Å². The maximum Gasteiger partial charge on any atom is 0.266 e. The summed E-state index contributed by atoms with van der Waals surface area (Å²) in [5, 5.41) is 20.4. The lowest BCUT2D eigenvalue weighted by molar-refractivity contribution is 0.0893. The summed E-state index contributed by atoms with van der Waals surface area (Å²) in [6, 6.07) is 13.8. The molecule has 1 aliphatic rings. The van der Waals surface area contributed by atoms with Gasteiger partial charge in [0.25, 0.3) is 11.8 Å². The Morgan fingerprint density at radius 1 is 0.739 bits per heavy atom. The largest absolute Gasteiger partial charge is 0.508 e. The predicted molar refractivity (Wildman–Crippen MR) is 84.9 cm³/mol. The molecule has 5 nitrogen and oxygen atoms in total. The zero-order chi connectivity index (χ0) is 16.1. The second kappa shape index (κ2) is 4.58. The summed E-state index contributed by atoms with van der Waals surface area (Å²) in [5.41, 5.74) is 1.05. The number of phenolic OH excluding ortho intramolecular Hbond substituents is 2. The molecule has 1 aliphatic heterocycles. The van der Waals surface area contributed by atoms with Gasteiger partial charge in [0.2, 0.25) is 0 Å². The third kappa shape index (κ3) is 1.87. The van der Waals surface area contributed by atoms with E-state index in [9.17, 15) is 19.8 Å². The molecule has 23 heavy (non-hydrogen) atoms. The van der Waals surface area contributed by atoms with Gasteiger partial charge in [-0.15, -0.1) is 0 Å². The van der Waals surface area contributed by atoms with E-state index >= 15 is 0 Å². The predicted octanol–water partition coefficient (Wildman–Crippen LogP) is 3.05. The number of rotatable bonds is 1. The number of hydrogen-bond donors (Lipinski definition) is 2. The Labute approximate surface area is 131 Å². The van der Waals surface area contributed by atoms with Crippen LogP contribution in [-0.4, -0.2) is 22.0 Å². The first kappa shape index (κ1) is 13.3. The Morgan fingerprint density at radius 3 is 2.17 bits per heavy atom. The van der Waals surface area contributed by atoms with Gasteiger partial charge >= 0.3 is 0 Å². The normalized spacial score (nSPS) is 13.7. The van der Waals surface area contributed by atoms with Crippen molar-refractivity contribution in [3.63, 3.8) is 0 Å². The Kier molecular flexibility index (Phi) is 2.65. The molecule has 0 spiro atoms. The first-order valence-electron chi connectivity index (χ1n) is 7.00. The molecule has 0 saturated heterocycles. The van der Waals surface area contributed by atoms with Gasteiger partial charge in [-0.1, -0.05) is 12.1 Å². The van der Waals surface area contributed by atoms with Gasteiger partial charge in [-0.05, 0) is 47.9 Å². The minimum absolute atomic E-state index is 0.0296. The number of nitrogens with zero attached hydrogens (tertiary/aromatic N) is 1. The molecule has 1 heterocycles. The Bertz CT molecular complexity index is 976. The van der Waals surface area contributed by atoms with E-state index in [1.807, 2.05) is 0 Å². The SMILES string of the molecule is O=C1c2cccc3cc(O)cc(c23)C(=O)N1c1ccc(O)cc1. The smallest absolute Gasteiger partial charge is 0.266 e. The minimum Gasteiger partial charge on any atom is -0.508 e. The molecule has 112 valence electrons. The third-order valence-corrected chi connectivity index (χ3v) is 3.94. The van der Waals surface area contributed by atoms with Crippen molar-refractivity contribution >= 4 is 28.3 Å². The highest BCUT2D eigenvalue weighted by atomic mass is 16.3.